The largest absolute Gasteiger partial charge is 0.278 e. The average molecular weight is 471 g/mol. The molecule has 0 N–H and O–H groups in total. The summed E-state index contributed by atoms with van der Waals surface area (Å²) in [6.45, 7) is 2.16. The van der Waals surface area contributed by atoms with E-state index in [9.17, 15) is 0 Å². The molecule has 0 amide bonds. The molecule has 0 rings (SSSR count). The van der Waals surface area contributed by atoms with E-state index in [1.54, 1.807) is 0 Å². The molecular formula is CH3Br5Si2. The van der Waals surface area contributed by atoms with Gasteiger partial charge in [0.15, 0.2) is 0 Å². The van der Waals surface area contributed by atoms with Gasteiger partial charge in [0.1, 0.15) is 0 Å². The molecule has 0 heterocycles. The third-order valence-corrected chi connectivity index (χ3v) is 65.3. The summed E-state index contributed by atoms with van der Waals surface area (Å²) in [6.07, 6.45) is 0. The second-order valence-electron chi connectivity index (χ2n) is 1.39. The maximum atomic E-state index is 3.58. The lowest BCUT2D eigenvalue weighted by atomic mass is 11.9. The summed E-state index contributed by atoms with van der Waals surface area (Å²) in [7, 11) is 0. The van der Waals surface area contributed by atoms with Crippen LogP contribution in [0.3, 0.4) is 0 Å². The first-order chi connectivity index (χ1) is 3.25. The van der Waals surface area contributed by atoms with Crippen LogP contribution in [0, 0.1) is 0 Å². The van der Waals surface area contributed by atoms with Crippen LogP contribution in [0.5, 0.6) is 0 Å². The van der Waals surface area contributed by atoms with Crippen LogP contribution in [0.1, 0.15) is 0 Å². The normalized spacial score (nSPS) is 14.2. The van der Waals surface area contributed by atoms with E-state index in [1.807, 2.05) is 0 Å². The van der Waals surface area contributed by atoms with Gasteiger partial charge in [-0.05, 0) is 6.55 Å². The Hall–Kier alpha value is 2.83. The van der Waals surface area contributed by atoms with E-state index in [2.05, 4.69) is 83.0 Å². The van der Waals surface area contributed by atoms with Gasteiger partial charge in [-0.25, -0.2) is 0 Å². The van der Waals surface area contributed by atoms with E-state index in [0.717, 1.165) is 0 Å². The van der Waals surface area contributed by atoms with Crippen molar-refractivity contribution in [2.75, 3.05) is 0 Å². The van der Waals surface area contributed by atoms with Crippen LogP contribution < -0.4 is 0 Å². The Labute approximate surface area is 89.9 Å². The van der Waals surface area contributed by atoms with Crippen LogP contribution in [0.4, 0.5) is 0 Å². The molecule has 0 nitrogen and oxygen atoms in total. The highest BCUT2D eigenvalue weighted by atomic mass is 80.0. The monoisotopic (exact) mass is 466 g/mol. The minimum absolute atomic E-state index is 1.34. The van der Waals surface area contributed by atoms with E-state index >= 15 is 0 Å². The Morgan fingerprint density at radius 1 is 0.875 bits per heavy atom. The number of halogens is 5. The fourth-order valence-corrected chi connectivity index (χ4v) is 0. The minimum atomic E-state index is -1.45. The lowest BCUT2D eigenvalue weighted by molar-refractivity contribution is 2.33. The molecule has 0 radical (unpaired) electrons. The topological polar surface area (TPSA) is 0 Å². The zero-order chi connectivity index (χ0) is 7.00. The Bertz CT molecular complexity index is 65.4. The molecule has 0 unspecified atom stereocenters. The molecule has 0 aliphatic carbocycles. The molecule has 0 aromatic heterocycles. The number of rotatable bonds is 1. The van der Waals surface area contributed by atoms with Crippen LogP contribution in [-0.2, 0) is 0 Å². The van der Waals surface area contributed by atoms with Gasteiger partial charge < -0.3 is 0 Å². The molecule has 7 heteroatoms. The quantitative estimate of drug-likeness (QED) is 0.401. The molecule has 0 aromatic carbocycles. The van der Waals surface area contributed by atoms with Crippen LogP contribution in [0.2, 0.25) is 6.55 Å². The van der Waals surface area contributed by atoms with Crippen molar-refractivity contribution in [1.29, 1.82) is 0 Å². The van der Waals surface area contributed by atoms with Gasteiger partial charge >= 0.3 is 0 Å². The van der Waals surface area contributed by atoms with Gasteiger partial charge in [0, 0.05) is 0 Å². The van der Waals surface area contributed by atoms with E-state index in [1.165, 1.54) is 0 Å². The van der Waals surface area contributed by atoms with Gasteiger partial charge in [-0.1, -0.05) is 45.9 Å². The van der Waals surface area contributed by atoms with Gasteiger partial charge in [-0.2, -0.15) is 0 Å². The van der Waals surface area contributed by atoms with Crippen LogP contribution in [-0.4, -0.2) is 8.28 Å². The fourth-order valence-electron chi connectivity index (χ4n) is 0. The summed E-state index contributed by atoms with van der Waals surface area (Å²) in [5, 5.41) is 0. The predicted octanol–water partition coefficient (Wildman–Crippen LogP) is 4.05. The smallest absolute Gasteiger partial charge is 0.112 e. The number of hydrogen-bond acceptors (Lipinski definition) is 0. The van der Waals surface area contributed by atoms with Crippen molar-refractivity contribution >= 4 is 84.7 Å². The van der Waals surface area contributed by atoms with Gasteiger partial charge in [0.25, 0.3) is 3.45 Å². The number of hydrogen-bond donors (Lipinski definition) is 0. The van der Waals surface area contributed by atoms with Crippen molar-refractivity contribution in [3.63, 3.8) is 0 Å². The van der Waals surface area contributed by atoms with Crippen LogP contribution in [0.25, 0.3) is 0 Å². The van der Waals surface area contributed by atoms with Gasteiger partial charge in [-0.3, -0.25) is 0 Å². The zero-order valence-electron chi connectivity index (χ0n) is 3.89. The van der Waals surface area contributed by atoms with E-state index in [0.29, 0.717) is 0 Å². The average Bonchev–Trinajstić information content (AvgIpc) is 1.25. The Balaban J connectivity index is 4.02. The summed E-state index contributed by atoms with van der Waals surface area (Å²) < 4.78 is -1.45. The molecule has 0 aliphatic heterocycles. The van der Waals surface area contributed by atoms with Crippen molar-refractivity contribution in [3.8, 4) is 0 Å². The molecule has 0 fully saturated rings. The van der Waals surface area contributed by atoms with Crippen LogP contribution in [0.15, 0.2) is 0 Å². The maximum Gasteiger partial charge on any atom is 0.278 e. The molecule has 0 aromatic rings. The fraction of sp³-hybridized carbons (Fsp3) is 1.00. The van der Waals surface area contributed by atoms with Crippen molar-refractivity contribution in [2.24, 2.45) is 0 Å². The second kappa shape index (κ2) is 3.49. The van der Waals surface area contributed by atoms with Crippen molar-refractivity contribution in [1.82, 2.24) is 0 Å². The first kappa shape index (κ1) is 10.8. The summed E-state index contributed by atoms with van der Waals surface area (Å²) in [4.78, 5) is -1.34. The van der Waals surface area contributed by atoms with Gasteiger partial charge in [-0.15, -0.1) is 30.6 Å². The molecule has 0 spiro atoms. The van der Waals surface area contributed by atoms with Crippen LogP contribution >= 0.6 is 76.5 Å². The first-order valence-corrected chi connectivity index (χ1v) is 18.5. The highest BCUT2D eigenvalue weighted by Gasteiger charge is 2.44. The Kier molecular flexibility index (Phi) is 4.72. The SMILES string of the molecule is C[Si](Br)(Br)[Si](Br)(Br)Br. The standard InChI is InChI=1S/CH3Br5Si2/c1-7(2,3)8(4,5)6/h1H3. The van der Waals surface area contributed by atoms with Crippen molar-refractivity contribution in [2.45, 2.75) is 6.55 Å². The predicted molar refractivity (Wildman–Crippen MR) is 62.0 cm³/mol. The van der Waals surface area contributed by atoms with Gasteiger partial charge in [0.05, 0.1) is 0 Å². The summed E-state index contributed by atoms with van der Waals surface area (Å²) >= 11 is 17.8. The Morgan fingerprint density at radius 3 is 1.00 bits per heavy atom. The molecule has 0 atom stereocenters. The highest BCUT2D eigenvalue weighted by molar-refractivity contribution is 9.81. The van der Waals surface area contributed by atoms with E-state index < -0.39 is 8.28 Å². The minimum Gasteiger partial charge on any atom is -0.112 e. The molecule has 0 saturated carbocycles. The van der Waals surface area contributed by atoms with Crippen molar-refractivity contribution < 1.29 is 0 Å². The Morgan fingerprint density at radius 2 is 1.00 bits per heavy atom. The molecule has 50 valence electrons. The molecule has 0 saturated heterocycles. The summed E-state index contributed by atoms with van der Waals surface area (Å²) in [5.41, 5.74) is 0. The molecule has 8 heavy (non-hydrogen) atoms. The maximum absolute atomic E-state index is 3.58. The third-order valence-electron chi connectivity index (χ3n) is 0.498. The van der Waals surface area contributed by atoms with E-state index in [-0.39, 0.29) is 0 Å². The second-order valence-corrected chi connectivity index (χ2v) is 53.4. The molecule has 0 aliphatic rings. The summed E-state index contributed by atoms with van der Waals surface area (Å²) in [6, 6.07) is 0. The summed E-state index contributed by atoms with van der Waals surface area (Å²) in [5.74, 6) is 0. The molecule has 0 bridgehead atoms. The van der Waals surface area contributed by atoms with Gasteiger partial charge in [0.2, 0.25) is 4.83 Å². The van der Waals surface area contributed by atoms with Crippen molar-refractivity contribution in [3.05, 3.63) is 0 Å². The molecular weight excluding hydrogens is 468 g/mol. The van der Waals surface area contributed by atoms with E-state index in [4.69, 9.17) is 0 Å². The lowest BCUT2D eigenvalue weighted by Gasteiger charge is -2.18. The zero-order valence-corrected chi connectivity index (χ0v) is 13.8. The first-order valence-electron chi connectivity index (χ1n) is 1.69. The highest BCUT2D eigenvalue weighted by Crippen LogP contribution is 2.43. The lowest BCUT2D eigenvalue weighted by Crippen LogP contribution is -2.36. The third kappa shape index (κ3) is 3.87.